The van der Waals surface area contributed by atoms with Crippen molar-refractivity contribution in [1.82, 2.24) is 5.32 Å². The Balaban J connectivity index is 2.31. The largest absolute Gasteiger partial charge is 0.365 e. The summed E-state index contributed by atoms with van der Waals surface area (Å²) in [6.07, 6.45) is 1.12. The Morgan fingerprint density at radius 1 is 1.44 bits per heavy atom. The van der Waals surface area contributed by atoms with Gasteiger partial charge < -0.3 is 10.2 Å². The summed E-state index contributed by atoms with van der Waals surface area (Å²) in [5.74, 6) is 0.124. The number of carbonyl (C=O) groups excluding carboxylic acids is 1. The number of carbonyl (C=O) groups is 1. The number of hydrogen-bond donors (Lipinski definition) is 1. The first-order valence-corrected chi connectivity index (χ1v) is 6.50. The zero-order chi connectivity index (χ0) is 13.3. The van der Waals surface area contributed by atoms with Crippen LogP contribution in [-0.4, -0.2) is 31.0 Å². The fourth-order valence-corrected chi connectivity index (χ4v) is 2.79. The van der Waals surface area contributed by atoms with Gasteiger partial charge in [-0.1, -0.05) is 12.1 Å². The summed E-state index contributed by atoms with van der Waals surface area (Å²) in [4.78, 5) is 13.9. The van der Waals surface area contributed by atoms with Crippen LogP contribution in [-0.2, 0) is 0 Å². The highest BCUT2D eigenvalue weighted by atomic mass is 16.1. The SMILES string of the molecule is CNC1CN(c2cccc(C(C)=O)c2)C(C)(C)C1. The number of nitrogens with zero attached hydrogens (tertiary/aromatic N) is 1. The number of rotatable bonds is 3. The number of Topliss-reactive ketones (excluding diaryl/α,β-unsaturated/α-hetero) is 1. The molecule has 0 radical (unpaired) electrons. The van der Waals surface area contributed by atoms with E-state index < -0.39 is 0 Å². The number of benzene rings is 1. The third-order valence-corrected chi connectivity index (χ3v) is 3.85. The van der Waals surface area contributed by atoms with Gasteiger partial charge >= 0.3 is 0 Å². The standard InChI is InChI=1S/C15H22N2O/c1-11(18)12-6-5-7-14(8-12)17-10-13(16-4)9-15(17,2)3/h5-8,13,16H,9-10H2,1-4H3. The molecule has 2 rings (SSSR count). The monoisotopic (exact) mass is 246 g/mol. The second kappa shape index (κ2) is 4.73. The quantitative estimate of drug-likeness (QED) is 0.832. The zero-order valence-electron chi connectivity index (χ0n) is 11.7. The molecule has 1 saturated heterocycles. The van der Waals surface area contributed by atoms with Gasteiger partial charge in [-0.2, -0.15) is 0 Å². The van der Waals surface area contributed by atoms with Gasteiger partial charge in [0, 0.05) is 29.4 Å². The minimum absolute atomic E-state index is 0.124. The molecule has 1 aliphatic heterocycles. The predicted octanol–water partition coefficient (Wildman–Crippen LogP) is 2.47. The lowest BCUT2D eigenvalue weighted by atomic mass is 9.99. The van der Waals surface area contributed by atoms with Crippen molar-refractivity contribution >= 4 is 11.5 Å². The van der Waals surface area contributed by atoms with Crippen molar-refractivity contribution in [2.45, 2.75) is 38.8 Å². The van der Waals surface area contributed by atoms with Gasteiger partial charge in [0.05, 0.1) is 0 Å². The minimum Gasteiger partial charge on any atom is -0.365 e. The first kappa shape index (κ1) is 13.1. The van der Waals surface area contributed by atoms with Crippen molar-refractivity contribution < 1.29 is 4.79 Å². The molecule has 1 unspecified atom stereocenters. The third kappa shape index (κ3) is 2.41. The molecule has 0 aromatic heterocycles. The number of anilines is 1. The summed E-state index contributed by atoms with van der Waals surface area (Å²) in [6.45, 7) is 7.12. The Morgan fingerprint density at radius 3 is 2.72 bits per heavy atom. The predicted molar refractivity (Wildman–Crippen MR) is 75.3 cm³/mol. The maximum absolute atomic E-state index is 11.5. The summed E-state index contributed by atoms with van der Waals surface area (Å²) >= 11 is 0. The van der Waals surface area contributed by atoms with Crippen molar-refractivity contribution in [3.63, 3.8) is 0 Å². The molecule has 0 amide bonds. The van der Waals surface area contributed by atoms with Crippen LogP contribution >= 0.6 is 0 Å². The van der Waals surface area contributed by atoms with Gasteiger partial charge in [0.15, 0.2) is 5.78 Å². The van der Waals surface area contributed by atoms with E-state index in [9.17, 15) is 4.79 Å². The molecular formula is C15H22N2O. The van der Waals surface area contributed by atoms with Gasteiger partial charge in [-0.15, -0.1) is 0 Å². The number of nitrogens with one attached hydrogen (secondary N) is 1. The topological polar surface area (TPSA) is 32.3 Å². The van der Waals surface area contributed by atoms with E-state index in [-0.39, 0.29) is 11.3 Å². The molecule has 0 bridgehead atoms. The molecule has 1 heterocycles. The zero-order valence-corrected chi connectivity index (χ0v) is 11.7. The van der Waals surface area contributed by atoms with Gasteiger partial charge in [0.2, 0.25) is 0 Å². The first-order chi connectivity index (χ1) is 8.44. The molecule has 1 aliphatic rings. The molecule has 1 fully saturated rings. The van der Waals surface area contributed by atoms with Gasteiger partial charge in [0.1, 0.15) is 0 Å². The normalized spacial score (nSPS) is 22.2. The Morgan fingerprint density at radius 2 is 2.17 bits per heavy atom. The lowest BCUT2D eigenvalue weighted by Gasteiger charge is -2.33. The highest BCUT2D eigenvalue weighted by Crippen LogP contribution is 2.34. The Bertz CT molecular complexity index is 454. The van der Waals surface area contributed by atoms with Crippen molar-refractivity contribution in [2.24, 2.45) is 0 Å². The molecule has 0 saturated carbocycles. The molecule has 0 spiro atoms. The molecule has 1 N–H and O–H groups in total. The van der Waals surface area contributed by atoms with Crippen molar-refractivity contribution in [2.75, 3.05) is 18.5 Å². The Hall–Kier alpha value is -1.35. The van der Waals surface area contributed by atoms with E-state index in [1.54, 1.807) is 6.92 Å². The summed E-state index contributed by atoms with van der Waals surface area (Å²) < 4.78 is 0. The van der Waals surface area contributed by atoms with E-state index >= 15 is 0 Å². The van der Waals surface area contributed by atoms with Gasteiger partial charge in [-0.05, 0) is 46.4 Å². The number of likely N-dealkylation sites (N-methyl/N-ethyl adjacent to an activating group) is 1. The summed E-state index contributed by atoms with van der Waals surface area (Å²) in [5.41, 5.74) is 2.06. The minimum atomic E-state index is 0.124. The first-order valence-electron chi connectivity index (χ1n) is 6.50. The Labute approximate surface area is 109 Å². The van der Waals surface area contributed by atoms with Crippen molar-refractivity contribution in [3.05, 3.63) is 29.8 Å². The maximum Gasteiger partial charge on any atom is 0.159 e. The number of hydrogen-bond acceptors (Lipinski definition) is 3. The van der Waals surface area contributed by atoms with Crippen LogP contribution in [0.5, 0.6) is 0 Å². The summed E-state index contributed by atoms with van der Waals surface area (Å²) in [6, 6.07) is 8.45. The highest BCUT2D eigenvalue weighted by molar-refractivity contribution is 5.95. The van der Waals surface area contributed by atoms with E-state index in [2.05, 4.69) is 30.1 Å². The second-order valence-corrected chi connectivity index (χ2v) is 5.72. The maximum atomic E-state index is 11.5. The van der Waals surface area contributed by atoms with Crippen LogP contribution in [0.1, 0.15) is 37.6 Å². The van der Waals surface area contributed by atoms with Crippen LogP contribution in [0.3, 0.4) is 0 Å². The molecule has 0 aliphatic carbocycles. The Kier molecular flexibility index (Phi) is 3.44. The molecule has 98 valence electrons. The molecule has 18 heavy (non-hydrogen) atoms. The fraction of sp³-hybridized carbons (Fsp3) is 0.533. The summed E-state index contributed by atoms with van der Waals surface area (Å²) in [7, 11) is 2.01. The van der Waals surface area contributed by atoms with Crippen LogP contribution < -0.4 is 10.2 Å². The van der Waals surface area contributed by atoms with E-state index in [1.807, 2.05) is 25.2 Å². The molecule has 1 aromatic rings. The lowest BCUT2D eigenvalue weighted by Crippen LogP contribution is -2.38. The molecule has 3 nitrogen and oxygen atoms in total. The van der Waals surface area contributed by atoms with Crippen LogP contribution in [0.4, 0.5) is 5.69 Å². The van der Waals surface area contributed by atoms with Crippen molar-refractivity contribution in [3.8, 4) is 0 Å². The lowest BCUT2D eigenvalue weighted by molar-refractivity contribution is 0.101. The third-order valence-electron chi connectivity index (χ3n) is 3.85. The fourth-order valence-electron chi connectivity index (χ4n) is 2.79. The van der Waals surface area contributed by atoms with Crippen LogP contribution in [0.25, 0.3) is 0 Å². The smallest absolute Gasteiger partial charge is 0.159 e. The van der Waals surface area contributed by atoms with Crippen LogP contribution in [0, 0.1) is 0 Å². The average molecular weight is 246 g/mol. The van der Waals surface area contributed by atoms with Gasteiger partial charge in [0.25, 0.3) is 0 Å². The summed E-state index contributed by atoms with van der Waals surface area (Å²) in [5, 5.41) is 3.35. The van der Waals surface area contributed by atoms with E-state index in [4.69, 9.17) is 0 Å². The van der Waals surface area contributed by atoms with E-state index in [1.165, 1.54) is 0 Å². The van der Waals surface area contributed by atoms with E-state index in [0.29, 0.717) is 6.04 Å². The van der Waals surface area contributed by atoms with Crippen molar-refractivity contribution in [1.29, 1.82) is 0 Å². The second-order valence-electron chi connectivity index (χ2n) is 5.72. The molecule has 1 atom stereocenters. The average Bonchev–Trinajstić information content (AvgIpc) is 2.64. The molecule has 3 heteroatoms. The highest BCUT2D eigenvalue weighted by Gasteiger charge is 2.37. The van der Waals surface area contributed by atoms with E-state index in [0.717, 1.165) is 24.2 Å². The van der Waals surface area contributed by atoms with Gasteiger partial charge in [-0.25, -0.2) is 0 Å². The van der Waals surface area contributed by atoms with Crippen LogP contribution in [0.2, 0.25) is 0 Å². The molecular weight excluding hydrogens is 224 g/mol. The molecule has 1 aromatic carbocycles. The van der Waals surface area contributed by atoms with Crippen LogP contribution in [0.15, 0.2) is 24.3 Å². The number of ketones is 1. The van der Waals surface area contributed by atoms with Gasteiger partial charge in [-0.3, -0.25) is 4.79 Å².